The summed E-state index contributed by atoms with van der Waals surface area (Å²) < 4.78 is 33.2. The standard InChI is InChI=1S/C25H27N3O4S/c1-3-32-24-12-8-7-9-22(24)17-26-27-25(29)19-28(18-21-15-13-20(2)14-16-21)33(30,31)23-10-5-4-6-11-23/h4-17H,3,18-19H2,1-2H3,(H,27,29)/b26-17+. The molecule has 0 heterocycles. The Labute approximate surface area is 194 Å². The van der Waals surface area contributed by atoms with E-state index in [-0.39, 0.29) is 18.0 Å². The van der Waals surface area contributed by atoms with Gasteiger partial charge in [-0.2, -0.15) is 9.41 Å². The number of carbonyl (C=O) groups excluding carboxylic acids is 1. The molecule has 0 radical (unpaired) electrons. The third kappa shape index (κ3) is 6.74. The van der Waals surface area contributed by atoms with Gasteiger partial charge in [0.05, 0.1) is 24.3 Å². The summed E-state index contributed by atoms with van der Waals surface area (Å²) in [6.07, 6.45) is 1.47. The lowest BCUT2D eigenvalue weighted by atomic mass is 10.1. The molecule has 0 spiro atoms. The zero-order valence-corrected chi connectivity index (χ0v) is 19.5. The minimum absolute atomic E-state index is 0.0574. The van der Waals surface area contributed by atoms with Crippen molar-refractivity contribution in [2.75, 3.05) is 13.2 Å². The fourth-order valence-corrected chi connectivity index (χ4v) is 4.51. The van der Waals surface area contributed by atoms with Crippen molar-refractivity contribution in [1.82, 2.24) is 9.73 Å². The van der Waals surface area contributed by atoms with Crippen molar-refractivity contribution in [1.29, 1.82) is 0 Å². The van der Waals surface area contributed by atoms with Crippen molar-refractivity contribution in [3.05, 3.63) is 95.6 Å². The van der Waals surface area contributed by atoms with E-state index < -0.39 is 15.9 Å². The molecule has 0 unspecified atom stereocenters. The van der Waals surface area contributed by atoms with E-state index in [1.807, 2.05) is 62.4 Å². The first-order valence-corrected chi connectivity index (χ1v) is 12.0. The van der Waals surface area contributed by atoms with Crippen LogP contribution >= 0.6 is 0 Å². The SMILES string of the molecule is CCOc1ccccc1/C=N/NC(=O)CN(Cc1ccc(C)cc1)S(=O)(=O)c1ccccc1. The van der Waals surface area contributed by atoms with E-state index >= 15 is 0 Å². The number of hydrogen-bond acceptors (Lipinski definition) is 5. The van der Waals surface area contributed by atoms with Gasteiger partial charge in [0.2, 0.25) is 10.0 Å². The first kappa shape index (κ1) is 24.2. The van der Waals surface area contributed by atoms with Crippen LogP contribution in [0.15, 0.2) is 88.9 Å². The second-order valence-electron chi connectivity index (χ2n) is 7.34. The minimum atomic E-state index is -3.90. The Morgan fingerprint density at radius 1 is 1.00 bits per heavy atom. The molecule has 3 aromatic carbocycles. The molecule has 0 aliphatic rings. The summed E-state index contributed by atoms with van der Waals surface area (Å²) in [6.45, 7) is 4.02. The topological polar surface area (TPSA) is 88.1 Å². The Kier molecular flexibility index (Phi) is 8.34. The van der Waals surface area contributed by atoms with Crippen LogP contribution in [0.1, 0.15) is 23.6 Å². The minimum Gasteiger partial charge on any atom is -0.493 e. The maximum absolute atomic E-state index is 13.2. The molecule has 0 saturated heterocycles. The van der Waals surface area contributed by atoms with Gasteiger partial charge in [0, 0.05) is 12.1 Å². The largest absolute Gasteiger partial charge is 0.493 e. The van der Waals surface area contributed by atoms with E-state index in [1.54, 1.807) is 18.2 Å². The highest BCUT2D eigenvalue weighted by molar-refractivity contribution is 7.89. The molecule has 33 heavy (non-hydrogen) atoms. The van der Waals surface area contributed by atoms with Gasteiger partial charge in [0.25, 0.3) is 5.91 Å². The molecule has 8 heteroatoms. The first-order valence-electron chi connectivity index (χ1n) is 10.5. The lowest BCUT2D eigenvalue weighted by molar-refractivity contribution is -0.121. The van der Waals surface area contributed by atoms with Crippen LogP contribution < -0.4 is 10.2 Å². The average molecular weight is 466 g/mol. The zero-order valence-electron chi connectivity index (χ0n) is 18.6. The molecular formula is C25H27N3O4S. The predicted octanol–water partition coefficient (Wildman–Crippen LogP) is 3.73. The van der Waals surface area contributed by atoms with Crippen LogP contribution in [0.5, 0.6) is 5.75 Å². The number of ether oxygens (including phenoxy) is 1. The number of para-hydroxylation sites is 1. The second-order valence-corrected chi connectivity index (χ2v) is 9.27. The van der Waals surface area contributed by atoms with Gasteiger partial charge in [0.15, 0.2) is 0 Å². The monoisotopic (exact) mass is 465 g/mol. The Balaban J connectivity index is 1.76. The zero-order chi connectivity index (χ0) is 23.7. The molecule has 3 rings (SSSR count). The van der Waals surface area contributed by atoms with Gasteiger partial charge >= 0.3 is 0 Å². The predicted molar refractivity (Wildman–Crippen MR) is 129 cm³/mol. The molecule has 0 fully saturated rings. The van der Waals surface area contributed by atoms with Crippen LogP contribution in [-0.4, -0.2) is 38.0 Å². The average Bonchev–Trinajstić information content (AvgIpc) is 2.82. The summed E-state index contributed by atoms with van der Waals surface area (Å²) in [6, 6.07) is 22.9. The molecular weight excluding hydrogens is 438 g/mol. The molecule has 7 nitrogen and oxygen atoms in total. The lowest BCUT2D eigenvalue weighted by Gasteiger charge is -2.21. The van der Waals surface area contributed by atoms with Crippen molar-refractivity contribution in [3.63, 3.8) is 0 Å². The quantitative estimate of drug-likeness (QED) is 0.365. The third-order valence-electron chi connectivity index (χ3n) is 4.79. The van der Waals surface area contributed by atoms with E-state index in [0.717, 1.165) is 15.4 Å². The first-order chi connectivity index (χ1) is 15.9. The van der Waals surface area contributed by atoms with Crippen molar-refractivity contribution < 1.29 is 17.9 Å². The van der Waals surface area contributed by atoms with Crippen LogP contribution in [0.3, 0.4) is 0 Å². The van der Waals surface area contributed by atoms with Crippen LogP contribution in [0.2, 0.25) is 0 Å². The molecule has 1 N–H and O–H groups in total. The van der Waals surface area contributed by atoms with Gasteiger partial charge < -0.3 is 4.74 Å². The smallest absolute Gasteiger partial charge is 0.255 e. The van der Waals surface area contributed by atoms with Crippen LogP contribution in [0.4, 0.5) is 0 Å². The summed E-state index contributed by atoms with van der Waals surface area (Å²) in [5, 5.41) is 3.98. The number of sulfonamides is 1. The number of amides is 1. The van der Waals surface area contributed by atoms with Crippen LogP contribution in [0.25, 0.3) is 0 Å². The van der Waals surface area contributed by atoms with Crippen LogP contribution in [-0.2, 0) is 21.4 Å². The van der Waals surface area contributed by atoms with E-state index in [1.165, 1.54) is 18.3 Å². The number of hydrogen-bond donors (Lipinski definition) is 1. The fourth-order valence-electron chi connectivity index (χ4n) is 3.11. The molecule has 3 aromatic rings. The molecule has 0 bridgehead atoms. The van der Waals surface area contributed by atoms with Gasteiger partial charge in [-0.25, -0.2) is 13.8 Å². The Hall–Kier alpha value is -3.49. The number of hydrazone groups is 1. The van der Waals surface area contributed by atoms with Gasteiger partial charge in [-0.05, 0) is 43.7 Å². The van der Waals surface area contributed by atoms with E-state index in [9.17, 15) is 13.2 Å². The number of carbonyl (C=O) groups is 1. The summed E-state index contributed by atoms with van der Waals surface area (Å²) in [4.78, 5) is 12.7. The van der Waals surface area contributed by atoms with E-state index in [4.69, 9.17) is 4.74 Å². The Bertz CT molecular complexity index is 1190. The molecule has 0 atom stereocenters. The number of aryl methyl sites for hydroxylation is 1. The third-order valence-corrected chi connectivity index (χ3v) is 6.60. The summed E-state index contributed by atoms with van der Waals surface area (Å²) in [7, 11) is -3.90. The van der Waals surface area contributed by atoms with Crippen molar-refractivity contribution >= 4 is 22.1 Å². The van der Waals surface area contributed by atoms with Crippen LogP contribution in [0, 0.1) is 6.92 Å². The highest BCUT2D eigenvalue weighted by atomic mass is 32.2. The van der Waals surface area contributed by atoms with Gasteiger partial charge in [-0.3, -0.25) is 4.79 Å². The highest BCUT2D eigenvalue weighted by Crippen LogP contribution is 2.19. The maximum atomic E-state index is 13.2. The van der Waals surface area contributed by atoms with Crippen molar-refractivity contribution in [2.45, 2.75) is 25.3 Å². The summed E-state index contributed by atoms with van der Waals surface area (Å²) in [5.41, 5.74) is 4.97. The number of rotatable bonds is 10. The molecule has 0 aromatic heterocycles. The number of benzene rings is 3. The lowest BCUT2D eigenvalue weighted by Crippen LogP contribution is -2.39. The van der Waals surface area contributed by atoms with Gasteiger partial charge in [-0.1, -0.05) is 60.2 Å². The molecule has 0 saturated carbocycles. The van der Waals surface area contributed by atoms with E-state index in [2.05, 4.69) is 10.5 Å². The molecule has 0 aliphatic heterocycles. The van der Waals surface area contributed by atoms with Crippen molar-refractivity contribution in [2.24, 2.45) is 5.10 Å². The molecule has 0 aliphatic carbocycles. The summed E-state index contributed by atoms with van der Waals surface area (Å²) >= 11 is 0. The molecule has 172 valence electrons. The Morgan fingerprint density at radius 2 is 1.67 bits per heavy atom. The highest BCUT2D eigenvalue weighted by Gasteiger charge is 2.26. The van der Waals surface area contributed by atoms with Crippen molar-refractivity contribution in [3.8, 4) is 5.75 Å². The number of nitrogens with one attached hydrogen (secondary N) is 1. The fraction of sp³-hybridized carbons (Fsp3) is 0.200. The van der Waals surface area contributed by atoms with Gasteiger partial charge in [-0.15, -0.1) is 0 Å². The normalized spacial score (nSPS) is 11.6. The van der Waals surface area contributed by atoms with E-state index in [0.29, 0.717) is 17.9 Å². The maximum Gasteiger partial charge on any atom is 0.255 e. The Morgan fingerprint density at radius 3 is 2.36 bits per heavy atom. The molecule has 1 amide bonds. The van der Waals surface area contributed by atoms with Gasteiger partial charge in [0.1, 0.15) is 5.75 Å². The summed E-state index contributed by atoms with van der Waals surface area (Å²) in [5.74, 6) is 0.0948. The number of nitrogens with zero attached hydrogens (tertiary/aromatic N) is 2. The second kappa shape index (κ2) is 11.4.